The van der Waals surface area contributed by atoms with E-state index in [4.69, 9.17) is 11.5 Å². The van der Waals surface area contributed by atoms with Gasteiger partial charge < -0.3 is 11.5 Å². The predicted molar refractivity (Wildman–Crippen MR) is 157 cm³/mol. The summed E-state index contributed by atoms with van der Waals surface area (Å²) < 4.78 is 0. The van der Waals surface area contributed by atoms with Gasteiger partial charge in [0.15, 0.2) is 0 Å². The summed E-state index contributed by atoms with van der Waals surface area (Å²) in [6.45, 7) is 10.2. The van der Waals surface area contributed by atoms with Crippen molar-refractivity contribution in [2.75, 3.05) is 6.54 Å². The lowest BCUT2D eigenvalue weighted by Gasteiger charge is -2.51. The van der Waals surface area contributed by atoms with Gasteiger partial charge in [-0.05, 0) is 50.5 Å². The van der Waals surface area contributed by atoms with Crippen molar-refractivity contribution in [3.05, 3.63) is 0 Å². The Morgan fingerprint density at radius 1 is 0.382 bits per heavy atom. The number of unbranched alkanes of at least 4 members (excludes halogenated alkanes) is 15. The summed E-state index contributed by atoms with van der Waals surface area (Å²) in [4.78, 5) is 0. The highest BCUT2D eigenvalue weighted by Crippen LogP contribution is 2.49. The van der Waals surface area contributed by atoms with Crippen molar-refractivity contribution < 1.29 is 0 Å². The molecule has 0 aromatic carbocycles. The molecule has 0 aromatic rings. The van der Waals surface area contributed by atoms with Gasteiger partial charge in [0.1, 0.15) is 0 Å². The molecule has 0 saturated carbocycles. The van der Waals surface area contributed by atoms with E-state index in [-0.39, 0.29) is 5.54 Å². The maximum atomic E-state index is 7.69. The number of nitrogens with two attached hydrogens (primary N) is 2. The summed E-state index contributed by atoms with van der Waals surface area (Å²) in [5, 5.41) is 0. The minimum absolute atomic E-state index is 0.0286. The Labute approximate surface area is 217 Å². The lowest BCUT2D eigenvalue weighted by molar-refractivity contribution is 0.0510. The Bertz CT molecular complexity index is 382. The summed E-state index contributed by atoms with van der Waals surface area (Å²) in [5.41, 5.74) is 13.9. The van der Waals surface area contributed by atoms with Crippen LogP contribution in [-0.4, -0.2) is 12.1 Å². The fourth-order valence-electron chi connectivity index (χ4n) is 6.25. The molecule has 0 heterocycles. The molecule has 0 aliphatic rings. The zero-order valence-electron chi connectivity index (χ0n) is 24.5. The highest BCUT2D eigenvalue weighted by molar-refractivity contribution is 5.02. The largest absolute Gasteiger partial charge is 0.330 e. The minimum atomic E-state index is 0.0286. The van der Waals surface area contributed by atoms with Gasteiger partial charge in [-0.3, -0.25) is 0 Å². The van der Waals surface area contributed by atoms with Crippen molar-refractivity contribution in [1.29, 1.82) is 0 Å². The molecular formula is C32H68N2. The summed E-state index contributed by atoms with van der Waals surface area (Å²) in [7, 11) is 0. The second-order valence-corrected chi connectivity index (χ2v) is 11.6. The molecule has 0 aliphatic carbocycles. The first-order valence-corrected chi connectivity index (χ1v) is 16.0. The van der Waals surface area contributed by atoms with Crippen LogP contribution in [0.15, 0.2) is 0 Å². The first-order valence-electron chi connectivity index (χ1n) is 16.0. The van der Waals surface area contributed by atoms with Gasteiger partial charge >= 0.3 is 0 Å². The zero-order chi connectivity index (χ0) is 25.4. The molecule has 0 unspecified atom stereocenters. The molecule has 0 radical (unpaired) electrons. The quantitative estimate of drug-likeness (QED) is 0.115. The van der Waals surface area contributed by atoms with Gasteiger partial charge in [0.25, 0.3) is 0 Å². The van der Waals surface area contributed by atoms with Crippen LogP contribution in [0.25, 0.3) is 0 Å². The molecule has 4 N–H and O–H groups in total. The van der Waals surface area contributed by atoms with Crippen molar-refractivity contribution in [2.45, 2.75) is 194 Å². The normalized spacial score (nSPS) is 12.5. The molecule has 0 saturated heterocycles. The average molecular weight is 481 g/mol. The molecule has 2 nitrogen and oxygen atoms in total. The van der Waals surface area contributed by atoms with Gasteiger partial charge in [0, 0.05) is 5.54 Å². The van der Waals surface area contributed by atoms with E-state index in [0.717, 1.165) is 6.54 Å². The third-order valence-electron chi connectivity index (χ3n) is 8.64. The van der Waals surface area contributed by atoms with E-state index in [2.05, 4.69) is 27.7 Å². The zero-order valence-corrected chi connectivity index (χ0v) is 24.5. The van der Waals surface area contributed by atoms with Gasteiger partial charge in [-0.2, -0.15) is 0 Å². The van der Waals surface area contributed by atoms with E-state index >= 15 is 0 Å². The van der Waals surface area contributed by atoms with Gasteiger partial charge in [-0.1, -0.05) is 150 Å². The Hall–Kier alpha value is -0.0800. The Balaban J connectivity index is 5.73. The standard InChI is InChI=1S/C32H68N2/c1-5-9-13-19-25-31(26-20-14-10-6-2,27-21-17-18-24-30-33)32(34,28-22-15-11-7-3)29-23-16-12-8-4/h5-30,33-34H2,1-4H3. The van der Waals surface area contributed by atoms with Crippen molar-refractivity contribution >= 4 is 0 Å². The summed E-state index contributed by atoms with van der Waals surface area (Å²) in [5.74, 6) is 0. The first kappa shape index (κ1) is 33.9. The number of hydrogen-bond acceptors (Lipinski definition) is 2. The fourth-order valence-corrected chi connectivity index (χ4v) is 6.25. The monoisotopic (exact) mass is 481 g/mol. The van der Waals surface area contributed by atoms with Crippen LogP contribution < -0.4 is 11.5 Å². The van der Waals surface area contributed by atoms with Crippen molar-refractivity contribution in [2.24, 2.45) is 16.9 Å². The first-order chi connectivity index (χ1) is 16.6. The Morgan fingerprint density at radius 2 is 0.676 bits per heavy atom. The average Bonchev–Trinajstić information content (AvgIpc) is 2.84. The predicted octanol–water partition coefficient (Wildman–Crippen LogP) is 10.5. The molecule has 206 valence electrons. The maximum absolute atomic E-state index is 7.69. The van der Waals surface area contributed by atoms with Crippen molar-refractivity contribution in [3.8, 4) is 0 Å². The topological polar surface area (TPSA) is 52.0 Å². The van der Waals surface area contributed by atoms with Crippen LogP contribution >= 0.6 is 0 Å². The molecule has 0 amide bonds. The molecule has 2 heteroatoms. The molecule has 0 bridgehead atoms. The van der Waals surface area contributed by atoms with E-state index in [1.165, 1.54) is 161 Å². The van der Waals surface area contributed by atoms with E-state index in [1.807, 2.05) is 0 Å². The number of hydrogen-bond donors (Lipinski definition) is 2. The minimum Gasteiger partial charge on any atom is -0.330 e. The molecule has 0 aliphatic heterocycles. The molecule has 0 spiro atoms. The molecule has 0 atom stereocenters. The van der Waals surface area contributed by atoms with Gasteiger partial charge in [0.05, 0.1) is 0 Å². The van der Waals surface area contributed by atoms with Crippen LogP contribution in [0.4, 0.5) is 0 Å². The second kappa shape index (κ2) is 23.3. The van der Waals surface area contributed by atoms with E-state index < -0.39 is 0 Å². The molecule has 0 fully saturated rings. The van der Waals surface area contributed by atoms with Crippen molar-refractivity contribution in [3.63, 3.8) is 0 Å². The van der Waals surface area contributed by atoms with Crippen molar-refractivity contribution in [1.82, 2.24) is 0 Å². The van der Waals surface area contributed by atoms with Gasteiger partial charge in [-0.15, -0.1) is 0 Å². The maximum Gasteiger partial charge on any atom is 0.0211 e. The Morgan fingerprint density at radius 3 is 1.00 bits per heavy atom. The van der Waals surface area contributed by atoms with E-state index in [9.17, 15) is 0 Å². The highest BCUT2D eigenvalue weighted by atomic mass is 14.8. The molecule has 0 rings (SSSR count). The van der Waals surface area contributed by atoms with Gasteiger partial charge in [0.2, 0.25) is 0 Å². The van der Waals surface area contributed by atoms with E-state index in [1.54, 1.807) is 0 Å². The molecule has 34 heavy (non-hydrogen) atoms. The Kier molecular flexibility index (Phi) is 23.3. The molecule has 0 aromatic heterocycles. The van der Waals surface area contributed by atoms with E-state index in [0.29, 0.717) is 5.41 Å². The van der Waals surface area contributed by atoms with Crippen LogP contribution in [0.1, 0.15) is 188 Å². The summed E-state index contributed by atoms with van der Waals surface area (Å²) in [6.07, 6.45) is 33.5. The molecular weight excluding hydrogens is 412 g/mol. The third kappa shape index (κ3) is 15.1. The van der Waals surface area contributed by atoms with Crippen LogP contribution in [0, 0.1) is 5.41 Å². The lowest BCUT2D eigenvalue weighted by Crippen LogP contribution is -2.55. The summed E-state index contributed by atoms with van der Waals surface area (Å²) >= 11 is 0. The third-order valence-corrected chi connectivity index (χ3v) is 8.64. The number of rotatable bonds is 27. The fraction of sp³-hybridized carbons (Fsp3) is 1.00. The van der Waals surface area contributed by atoms with Crippen LogP contribution in [0.2, 0.25) is 0 Å². The van der Waals surface area contributed by atoms with Crippen LogP contribution in [-0.2, 0) is 0 Å². The van der Waals surface area contributed by atoms with Crippen LogP contribution in [0.3, 0.4) is 0 Å². The summed E-state index contributed by atoms with van der Waals surface area (Å²) in [6, 6.07) is 0. The second-order valence-electron chi connectivity index (χ2n) is 11.6. The lowest BCUT2D eigenvalue weighted by atomic mass is 9.58. The van der Waals surface area contributed by atoms with Crippen LogP contribution in [0.5, 0.6) is 0 Å². The van der Waals surface area contributed by atoms with Gasteiger partial charge in [-0.25, -0.2) is 0 Å². The smallest absolute Gasteiger partial charge is 0.0211 e. The SMILES string of the molecule is CCCCCCC(N)(CCCCCC)C(CCCCCC)(CCCCCC)CCCCCCN. The highest BCUT2D eigenvalue weighted by Gasteiger charge is 2.46.